The van der Waals surface area contributed by atoms with Crippen molar-refractivity contribution < 1.29 is 0 Å². The Bertz CT molecular complexity index is 1010. The number of hydrogen-bond acceptors (Lipinski definition) is 4. The molecule has 126 valence electrons. The number of aromatic amines is 2. The monoisotopic (exact) mass is 327 g/mol. The minimum Gasteiger partial charge on any atom is -0.343 e. The van der Waals surface area contributed by atoms with Gasteiger partial charge in [-0.05, 0) is 39.7 Å². The molecule has 0 amide bonds. The third kappa shape index (κ3) is 2.66. The summed E-state index contributed by atoms with van der Waals surface area (Å²) in [7, 11) is 0. The Hall–Kier alpha value is -2.70. The van der Waals surface area contributed by atoms with Crippen molar-refractivity contribution in [2.45, 2.75) is 47.0 Å². The Kier molecular flexibility index (Phi) is 4.09. The van der Waals surface area contributed by atoms with E-state index in [9.17, 15) is 9.59 Å². The fraction of sp³-hybridized carbons (Fsp3) is 0.412. The Morgan fingerprint density at radius 3 is 2.42 bits per heavy atom. The third-order valence-electron chi connectivity index (χ3n) is 4.11. The van der Waals surface area contributed by atoms with Gasteiger partial charge in [0, 0.05) is 22.6 Å². The molecule has 3 rings (SSSR count). The van der Waals surface area contributed by atoms with E-state index in [2.05, 4.69) is 27.0 Å². The van der Waals surface area contributed by atoms with Crippen LogP contribution in [0.3, 0.4) is 0 Å². The number of aryl methyl sites for hydroxylation is 3. The highest BCUT2D eigenvalue weighted by molar-refractivity contribution is 5.75. The molecule has 0 radical (unpaired) electrons. The number of H-pyrrole nitrogens is 2. The predicted octanol–water partition coefficient (Wildman–Crippen LogP) is 2.06. The van der Waals surface area contributed by atoms with Crippen LogP contribution in [-0.2, 0) is 6.42 Å². The number of aromatic nitrogens is 5. The summed E-state index contributed by atoms with van der Waals surface area (Å²) in [6, 6.07) is 1.83. The topological polar surface area (TPSA) is 96.4 Å². The molecule has 0 atom stereocenters. The molecule has 0 aliphatic rings. The summed E-state index contributed by atoms with van der Waals surface area (Å²) in [6.07, 6.45) is 2.57. The molecule has 0 aliphatic heterocycles. The van der Waals surface area contributed by atoms with E-state index in [0.717, 1.165) is 29.9 Å². The van der Waals surface area contributed by atoms with Gasteiger partial charge in [-0.1, -0.05) is 13.3 Å². The number of hydrogen-bond donors (Lipinski definition) is 2. The molecule has 0 saturated carbocycles. The van der Waals surface area contributed by atoms with Gasteiger partial charge in [0.25, 0.3) is 11.5 Å². The van der Waals surface area contributed by atoms with Crippen LogP contribution in [0.2, 0.25) is 0 Å². The number of fused-ring (bicyclic) bond motifs is 1. The summed E-state index contributed by atoms with van der Waals surface area (Å²) < 4.78 is 1.23. The van der Waals surface area contributed by atoms with Crippen LogP contribution < -0.4 is 11.0 Å². The molecule has 0 aliphatic carbocycles. The van der Waals surface area contributed by atoms with Crippen LogP contribution in [-0.4, -0.2) is 24.7 Å². The zero-order chi connectivity index (χ0) is 17.4. The zero-order valence-electron chi connectivity index (χ0n) is 14.4. The molecule has 7 nitrogen and oxygen atoms in total. The Labute approximate surface area is 138 Å². The Balaban J connectivity index is 2.26. The van der Waals surface area contributed by atoms with Gasteiger partial charge in [0.05, 0.1) is 0 Å². The maximum Gasteiger partial charge on any atom is 0.287 e. The van der Waals surface area contributed by atoms with Crippen molar-refractivity contribution >= 4 is 11.0 Å². The average Bonchev–Trinajstić information content (AvgIpc) is 2.83. The molecule has 3 aromatic heterocycles. The second-order valence-electron chi connectivity index (χ2n) is 6.11. The first-order chi connectivity index (χ1) is 11.4. The summed E-state index contributed by atoms with van der Waals surface area (Å²) in [5.74, 6) is 0.245. The SMILES string of the molecule is CCCCc1c(C)[nH]c2[nH]n(-c3nc(C)cc(C)n3)c(=O)c2c1=O. The molecule has 3 aromatic rings. The second-order valence-corrected chi connectivity index (χ2v) is 6.11. The van der Waals surface area contributed by atoms with E-state index >= 15 is 0 Å². The highest BCUT2D eigenvalue weighted by Crippen LogP contribution is 2.11. The summed E-state index contributed by atoms with van der Waals surface area (Å²) in [5, 5.41) is 3.06. The molecule has 0 fully saturated rings. The first-order valence-corrected chi connectivity index (χ1v) is 8.11. The van der Waals surface area contributed by atoms with Crippen molar-refractivity contribution in [1.29, 1.82) is 0 Å². The Morgan fingerprint density at radius 2 is 1.79 bits per heavy atom. The van der Waals surface area contributed by atoms with Gasteiger partial charge in [-0.25, -0.2) is 9.97 Å². The van der Waals surface area contributed by atoms with Gasteiger partial charge >= 0.3 is 0 Å². The van der Waals surface area contributed by atoms with Crippen molar-refractivity contribution in [3.8, 4) is 5.95 Å². The lowest BCUT2D eigenvalue weighted by Gasteiger charge is -2.04. The highest BCUT2D eigenvalue weighted by atomic mass is 16.1. The first-order valence-electron chi connectivity index (χ1n) is 8.11. The van der Waals surface area contributed by atoms with Gasteiger partial charge in [0.1, 0.15) is 11.0 Å². The smallest absolute Gasteiger partial charge is 0.287 e. The fourth-order valence-corrected chi connectivity index (χ4v) is 2.93. The van der Waals surface area contributed by atoms with Gasteiger partial charge in [0.2, 0.25) is 0 Å². The van der Waals surface area contributed by atoms with Gasteiger partial charge in [-0.15, -0.1) is 0 Å². The molecule has 0 saturated heterocycles. The van der Waals surface area contributed by atoms with Crippen LogP contribution in [0.25, 0.3) is 17.0 Å². The summed E-state index contributed by atoms with van der Waals surface area (Å²) in [4.78, 5) is 37.2. The minimum atomic E-state index is -0.422. The number of pyridine rings is 1. The molecule has 7 heteroatoms. The van der Waals surface area contributed by atoms with Crippen molar-refractivity contribution in [2.24, 2.45) is 0 Å². The molecule has 0 unspecified atom stereocenters. The molecule has 24 heavy (non-hydrogen) atoms. The first kappa shape index (κ1) is 16.2. The van der Waals surface area contributed by atoms with Crippen molar-refractivity contribution in [3.05, 3.63) is 49.3 Å². The van der Waals surface area contributed by atoms with Crippen LogP contribution in [0.1, 0.15) is 42.4 Å². The average molecular weight is 327 g/mol. The van der Waals surface area contributed by atoms with Crippen LogP contribution in [0.15, 0.2) is 15.7 Å². The number of nitrogens with one attached hydrogen (secondary N) is 2. The predicted molar refractivity (Wildman–Crippen MR) is 92.9 cm³/mol. The summed E-state index contributed by atoms with van der Waals surface area (Å²) in [6.45, 7) is 7.60. The van der Waals surface area contributed by atoms with Crippen LogP contribution in [0.4, 0.5) is 0 Å². The highest BCUT2D eigenvalue weighted by Gasteiger charge is 2.18. The number of rotatable bonds is 4. The lowest BCUT2D eigenvalue weighted by molar-refractivity contribution is 0.776. The minimum absolute atomic E-state index is 0.134. The molecular weight excluding hydrogens is 306 g/mol. The van der Waals surface area contributed by atoms with Crippen molar-refractivity contribution in [2.75, 3.05) is 0 Å². The third-order valence-corrected chi connectivity index (χ3v) is 4.11. The van der Waals surface area contributed by atoms with E-state index in [0.29, 0.717) is 17.6 Å². The van der Waals surface area contributed by atoms with E-state index < -0.39 is 5.56 Å². The maximum absolute atomic E-state index is 12.8. The van der Waals surface area contributed by atoms with Crippen molar-refractivity contribution in [3.63, 3.8) is 0 Å². The standard InChI is InChI=1S/C17H21N5O2/c1-5-6-7-12-11(4)20-15-13(14(12)23)16(24)22(21-15)17-18-9(2)8-10(3)19-17/h8H,5-7H2,1-4H3,(H2,20,21,23). The lowest BCUT2D eigenvalue weighted by Crippen LogP contribution is -2.22. The summed E-state index contributed by atoms with van der Waals surface area (Å²) in [5.41, 5.74) is 2.76. The van der Waals surface area contributed by atoms with E-state index in [1.165, 1.54) is 4.68 Å². The number of nitrogens with zero attached hydrogens (tertiary/aromatic N) is 3. The Morgan fingerprint density at radius 1 is 1.12 bits per heavy atom. The van der Waals surface area contributed by atoms with Gasteiger partial charge in [-0.2, -0.15) is 4.68 Å². The van der Waals surface area contributed by atoms with Gasteiger partial charge < -0.3 is 4.98 Å². The molecular formula is C17H21N5O2. The normalized spacial score (nSPS) is 11.3. The molecule has 0 spiro atoms. The van der Waals surface area contributed by atoms with Crippen LogP contribution in [0.5, 0.6) is 0 Å². The zero-order valence-corrected chi connectivity index (χ0v) is 14.4. The van der Waals surface area contributed by atoms with Crippen LogP contribution >= 0.6 is 0 Å². The fourth-order valence-electron chi connectivity index (χ4n) is 2.93. The van der Waals surface area contributed by atoms with Crippen LogP contribution in [0, 0.1) is 20.8 Å². The lowest BCUT2D eigenvalue weighted by atomic mass is 10.1. The van der Waals surface area contributed by atoms with Gasteiger partial charge in [0.15, 0.2) is 5.43 Å². The quantitative estimate of drug-likeness (QED) is 0.766. The largest absolute Gasteiger partial charge is 0.343 e. The molecule has 3 heterocycles. The molecule has 0 bridgehead atoms. The van der Waals surface area contributed by atoms with E-state index in [1.54, 1.807) is 0 Å². The van der Waals surface area contributed by atoms with E-state index in [-0.39, 0.29) is 16.8 Å². The number of unbranched alkanes of at least 4 members (excludes halogenated alkanes) is 1. The maximum atomic E-state index is 12.8. The van der Waals surface area contributed by atoms with E-state index in [1.807, 2.05) is 26.8 Å². The molecule has 2 N–H and O–H groups in total. The summed E-state index contributed by atoms with van der Waals surface area (Å²) >= 11 is 0. The second kappa shape index (κ2) is 6.07. The van der Waals surface area contributed by atoms with E-state index in [4.69, 9.17) is 0 Å². The molecule has 0 aromatic carbocycles. The van der Waals surface area contributed by atoms with Gasteiger partial charge in [-0.3, -0.25) is 14.7 Å². The van der Waals surface area contributed by atoms with Crippen molar-refractivity contribution in [1.82, 2.24) is 24.7 Å².